The molecule has 90 valence electrons. The Balaban J connectivity index is 2.52. The number of alkyl halides is 3. The van der Waals surface area contributed by atoms with Crippen molar-refractivity contribution in [3.8, 4) is 11.5 Å². The van der Waals surface area contributed by atoms with E-state index in [0.29, 0.717) is 0 Å². The fraction of sp³-hybridized carbons (Fsp3) is 0.222. The number of nitrogens with zero attached hydrogens (tertiary/aromatic N) is 3. The predicted molar refractivity (Wildman–Crippen MR) is 48.5 cm³/mol. The maximum atomic E-state index is 12.6. The van der Waals surface area contributed by atoms with Crippen molar-refractivity contribution in [2.75, 3.05) is 0 Å². The van der Waals surface area contributed by atoms with Gasteiger partial charge in [-0.2, -0.15) is 18.2 Å². The first-order valence-corrected chi connectivity index (χ1v) is 4.48. The molecule has 1 N–H and O–H groups in total. The smallest absolute Gasteiger partial charge is 0.387 e. The minimum Gasteiger partial charge on any atom is -0.387 e. The number of aliphatic hydroxyl groups is 1. The zero-order valence-corrected chi connectivity index (χ0v) is 8.27. The molecule has 0 aliphatic carbocycles. The Hall–Kier alpha value is -1.96. The summed E-state index contributed by atoms with van der Waals surface area (Å²) in [6.07, 6.45) is -3.36. The Labute approximate surface area is 92.9 Å². The van der Waals surface area contributed by atoms with E-state index in [9.17, 15) is 13.2 Å². The van der Waals surface area contributed by atoms with Crippen molar-refractivity contribution in [3.63, 3.8) is 0 Å². The van der Waals surface area contributed by atoms with Crippen LogP contribution in [0.5, 0.6) is 0 Å². The summed E-state index contributed by atoms with van der Waals surface area (Å²) < 4.78 is 42.5. The maximum absolute atomic E-state index is 12.6. The number of hydrogen-bond acceptors (Lipinski definition) is 5. The minimum atomic E-state index is -4.55. The molecular formula is C9H6F3N3O2. The van der Waals surface area contributed by atoms with Crippen LogP contribution in [0.2, 0.25) is 0 Å². The third-order valence-electron chi connectivity index (χ3n) is 1.93. The standard InChI is InChI=1S/C9H6F3N3O2/c10-9(11,12)5-2-1-3-13-7(5)8-14-6(4-16)17-15-8/h1-3,16H,4H2. The van der Waals surface area contributed by atoms with E-state index in [4.69, 9.17) is 5.11 Å². The third kappa shape index (κ3) is 2.26. The quantitative estimate of drug-likeness (QED) is 0.870. The summed E-state index contributed by atoms with van der Waals surface area (Å²) in [6.45, 7) is -0.540. The molecule has 0 amide bonds. The Morgan fingerprint density at radius 2 is 2.12 bits per heavy atom. The molecule has 0 aliphatic rings. The molecule has 0 aromatic carbocycles. The highest BCUT2D eigenvalue weighted by Gasteiger charge is 2.35. The molecule has 0 aliphatic heterocycles. The molecule has 0 bridgehead atoms. The summed E-state index contributed by atoms with van der Waals surface area (Å²) in [4.78, 5) is 7.16. The van der Waals surface area contributed by atoms with Crippen LogP contribution in [0.15, 0.2) is 22.9 Å². The van der Waals surface area contributed by atoms with Crippen LogP contribution in [0.25, 0.3) is 11.5 Å². The van der Waals surface area contributed by atoms with Crippen molar-refractivity contribution in [2.45, 2.75) is 12.8 Å². The number of aromatic nitrogens is 3. The van der Waals surface area contributed by atoms with Crippen LogP contribution < -0.4 is 0 Å². The molecule has 0 unspecified atom stereocenters. The zero-order chi connectivity index (χ0) is 12.5. The van der Waals surface area contributed by atoms with Crippen LogP contribution in [-0.2, 0) is 12.8 Å². The minimum absolute atomic E-state index is 0.168. The van der Waals surface area contributed by atoms with Crippen molar-refractivity contribution in [1.82, 2.24) is 15.1 Å². The Kier molecular flexibility index (Phi) is 2.80. The first kappa shape index (κ1) is 11.5. The molecule has 0 atom stereocenters. The molecule has 0 saturated carbocycles. The van der Waals surface area contributed by atoms with Crippen LogP contribution in [0.4, 0.5) is 13.2 Å². The summed E-state index contributed by atoms with van der Waals surface area (Å²) >= 11 is 0. The zero-order valence-electron chi connectivity index (χ0n) is 8.27. The topological polar surface area (TPSA) is 72.0 Å². The van der Waals surface area contributed by atoms with E-state index in [2.05, 4.69) is 19.6 Å². The average molecular weight is 245 g/mol. The first-order chi connectivity index (χ1) is 8.02. The molecule has 2 aromatic rings. The van der Waals surface area contributed by atoms with Crippen LogP contribution in [0.3, 0.4) is 0 Å². The van der Waals surface area contributed by atoms with Gasteiger partial charge in [-0.3, -0.25) is 4.98 Å². The fourth-order valence-electron chi connectivity index (χ4n) is 1.23. The molecule has 17 heavy (non-hydrogen) atoms. The van der Waals surface area contributed by atoms with Crippen molar-refractivity contribution >= 4 is 0 Å². The number of rotatable bonds is 2. The van der Waals surface area contributed by atoms with Gasteiger partial charge in [-0.15, -0.1) is 0 Å². The average Bonchev–Trinajstić information content (AvgIpc) is 2.76. The van der Waals surface area contributed by atoms with Gasteiger partial charge in [-0.25, -0.2) is 0 Å². The van der Waals surface area contributed by atoms with Gasteiger partial charge in [0.15, 0.2) is 0 Å². The van der Waals surface area contributed by atoms with Gasteiger partial charge in [-0.1, -0.05) is 5.16 Å². The van der Waals surface area contributed by atoms with E-state index in [-0.39, 0.29) is 11.7 Å². The number of halogens is 3. The number of aliphatic hydroxyl groups excluding tert-OH is 1. The highest BCUT2D eigenvalue weighted by Crippen LogP contribution is 2.34. The summed E-state index contributed by atoms with van der Waals surface area (Å²) in [6, 6.07) is 2.04. The lowest BCUT2D eigenvalue weighted by Gasteiger charge is -2.08. The van der Waals surface area contributed by atoms with E-state index >= 15 is 0 Å². The fourth-order valence-corrected chi connectivity index (χ4v) is 1.23. The molecule has 0 saturated heterocycles. The molecule has 5 nitrogen and oxygen atoms in total. The van der Waals surface area contributed by atoms with Crippen molar-refractivity contribution in [2.24, 2.45) is 0 Å². The molecule has 0 radical (unpaired) electrons. The third-order valence-corrected chi connectivity index (χ3v) is 1.93. The van der Waals surface area contributed by atoms with Gasteiger partial charge in [0.25, 0.3) is 5.89 Å². The molecule has 2 heterocycles. The molecule has 2 rings (SSSR count). The lowest BCUT2D eigenvalue weighted by Crippen LogP contribution is -2.08. The summed E-state index contributed by atoms with van der Waals surface area (Å²) in [5.41, 5.74) is -1.38. The SMILES string of the molecule is OCc1nc(-c2ncccc2C(F)(F)F)no1. The van der Waals surface area contributed by atoms with Gasteiger partial charge in [0.05, 0.1) is 5.56 Å². The van der Waals surface area contributed by atoms with Crippen LogP contribution >= 0.6 is 0 Å². The van der Waals surface area contributed by atoms with Crippen molar-refractivity contribution in [1.29, 1.82) is 0 Å². The van der Waals surface area contributed by atoms with E-state index in [1.165, 1.54) is 12.3 Å². The van der Waals surface area contributed by atoms with Gasteiger partial charge in [0.1, 0.15) is 12.3 Å². The van der Waals surface area contributed by atoms with Gasteiger partial charge in [-0.05, 0) is 12.1 Å². The van der Waals surface area contributed by atoms with E-state index in [0.717, 1.165) is 6.07 Å². The Morgan fingerprint density at radius 3 is 2.71 bits per heavy atom. The molecule has 2 aromatic heterocycles. The summed E-state index contributed by atoms with van der Waals surface area (Å²) in [7, 11) is 0. The van der Waals surface area contributed by atoms with Gasteiger partial charge in [0, 0.05) is 6.20 Å². The monoisotopic (exact) mass is 245 g/mol. The number of pyridine rings is 1. The predicted octanol–water partition coefficient (Wildman–Crippen LogP) is 1.64. The largest absolute Gasteiger partial charge is 0.418 e. The second-order valence-corrected chi connectivity index (χ2v) is 3.07. The highest BCUT2D eigenvalue weighted by atomic mass is 19.4. The number of hydrogen-bond donors (Lipinski definition) is 1. The van der Waals surface area contributed by atoms with Crippen LogP contribution in [0, 0.1) is 0 Å². The second-order valence-electron chi connectivity index (χ2n) is 3.07. The van der Waals surface area contributed by atoms with Crippen molar-refractivity contribution < 1.29 is 22.8 Å². The molecule has 0 spiro atoms. The Bertz CT molecular complexity index is 524. The molecule has 0 fully saturated rings. The van der Waals surface area contributed by atoms with Crippen LogP contribution in [-0.4, -0.2) is 20.2 Å². The normalized spacial score (nSPS) is 11.8. The van der Waals surface area contributed by atoms with Gasteiger partial charge >= 0.3 is 6.18 Å². The lowest BCUT2D eigenvalue weighted by molar-refractivity contribution is -0.137. The highest BCUT2D eigenvalue weighted by molar-refractivity contribution is 5.54. The maximum Gasteiger partial charge on any atom is 0.418 e. The molecule has 8 heteroatoms. The first-order valence-electron chi connectivity index (χ1n) is 4.48. The van der Waals surface area contributed by atoms with Gasteiger partial charge in [0.2, 0.25) is 5.82 Å². The Morgan fingerprint density at radius 1 is 1.35 bits per heavy atom. The van der Waals surface area contributed by atoms with E-state index in [1.54, 1.807) is 0 Å². The van der Waals surface area contributed by atoms with Gasteiger partial charge < -0.3 is 9.63 Å². The summed E-state index contributed by atoms with van der Waals surface area (Å²) in [5, 5.41) is 12.0. The lowest BCUT2D eigenvalue weighted by atomic mass is 10.2. The second kappa shape index (κ2) is 4.13. The van der Waals surface area contributed by atoms with E-state index < -0.39 is 24.0 Å². The van der Waals surface area contributed by atoms with Crippen LogP contribution in [0.1, 0.15) is 11.5 Å². The van der Waals surface area contributed by atoms with Crippen molar-refractivity contribution in [3.05, 3.63) is 29.8 Å². The molecular weight excluding hydrogens is 239 g/mol. The summed E-state index contributed by atoms with van der Waals surface area (Å²) in [5.74, 6) is -0.472. The van der Waals surface area contributed by atoms with E-state index in [1.807, 2.05) is 0 Å².